The number of allylic oxidation sites excluding steroid dienone is 18. The Hall–Kier alpha value is -4.01. The quantitative estimate of drug-likeness (QED) is 0.0261. The van der Waals surface area contributed by atoms with Crippen LogP contribution in [0.4, 0.5) is 0 Å². The van der Waals surface area contributed by atoms with Crippen LogP contribution in [0.25, 0.3) is 0 Å². The fourth-order valence-electron chi connectivity index (χ4n) is 6.26. The second-order valence-corrected chi connectivity index (χ2v) is 16.6. The highest BCUT2D eigenvalue weighted by atomic mass is 16.6. The molecule has 0 aromatic heterocycles. The van der Waals surface area contributed by atoms with Crippen LogP contribution in [0.3, 0.4) is 0 Å². The van der Waals surface area contributed by atoms with Gasteiger partial charge in [0.2, 0.25) is 0 Å². The van der Waals surface area contributed by atoms with Gasteiger partial charge in [0.15, 0.2) is 6.10 Å². The summed E-state index contributed by atoms with van der Waals surface area (Å²) < 4.78 is 17.2. The maximum absolute atomic E-state index is 12.7. The van der Waals surface area contributed by atoms with Crippen molar-refractivity contribution >= 4 is 17.9 Å². The van der Waals surface area contributed by atoms with Crippen molar-refractivity contribution in [3.05, 3.63) is 109 Å². The van der Waals surface area contributed by atoms with Crippen molar-refractivity contribution in [1.29, 1.82) is 0 Å². The van der Waals surface area contributed by atoms with Crippen LogP contribution in [0.1, 0.15) is 162 Å². The maximum atomic E-state index is 12.7. The molecule has 0 amide bonds. The first-order valence-electron chi connectivity index (χ1n) is 23.9. The average Bonchev–Trinajstić information content (AvgIpc) is 3.23. The molecular weight excluding hydrogens is 775 g/mol. The molecule has 0 aromatic carbocycles. The maximum Gasteiger partial charge on any atom is 0.306 e. The summed E-state index contributed by atoms with van der Waals surface area (Å²) in [5.74, 6) is -1.81. The van der Waals surface area contributed by atoms with Gasteiger partial charge in [-0.3, -0.25) is 9.59 Å². The fourth-order valence-corrected chi connectivity index (χ4v) is 6.26. The monoisotopic (exact) mass is 862 g/mol. The molecule has 0 aliphatic rings. The third-order valence-electron chi connectivity index (χ3n) is 9.90. The zero-order chi connectivity index (χ0) is 45.6. The molecule has 8 nitrogen and oxygen atoms in total. The number of likely N-dealkylation sites (N-methyl/N-ethyl adjacent to an activating group) is 1. The van der Waals surface area contributed by atoms with E-state index in [2.05, 4.69) is 123 Å². The lowest BCUT2D eigenvalue weighted by Gasteiger charge is -2.34. The van der Waals surface area contributed by atoms with Crippen molar-refractivity contribution in [2.24, 2.45) is 0 Å². The second kappa shape index (κ2) is 43.6. The number of hydrogen-bond donors (Lipinski definition) is 0. The molecule has 2 unspecified atom stereocenters. The lowest BCUT2D eigenvalue weighted by Crippen LogP contribution is -2.55. The van der Waals surface area contributed by atoms with Gasteiger partial charge in [0.05, 0.1) is 40.3 Å². The summed E-state index contributed by atoms with van der Waals surface area (Å²) in [6.45, 7) is 4.36. The third-order valence-corrected chi connectivity index (χ3v) is 9.90. The van der Waals surface area contributed by atoms with Crippen LogP contribution in [0.2, 0.25) is 0 Å². The molecule has 8 heteroatoms. The van der Waals surface area contributed by atoms with Crippen LogP contribution in [0.5, 0.6) is 0 Å². The predicted octanol–water partition coefficient (Wildman–Crippen LogP) is 12.3. The molecule has 0 rings (SSSR count). The fraction of sp³-hybridized carbons (Fsp3) is 0.611. The second-order valence-electron chi connectivity index (χ2n) is 16.6. The van der Waals surface area contributed by atoms with Crippen LogP contribution < -0.4 is 5.11 Å². The highest BCUT2D eigenvalue weighted by molar-refractivity contribution is 5.70. The van der Waals surface area contributed by atoms with E-state index in [9.17, 15) is 19.5 Å². The number of esters is 2. The Morgan fingerprint density at radius 3 is 1.27 bits per heavy atom. The first kappa shape index (κ1) is 58.0. The van der Waals surface area contributed by atoms with Crippen molar-refractivity contribution in [2.75, 3.05) is 41.0 Å². The van der Waals surface area contributed by atoms with Gasteiger partial charge in [-0.1, -0.05) is 155 Å². The number of carboxylic acid groups (broad SMARTS) is 1. The molecule has 0 bridgehead atoms. The van der Waals surface area contributed by atoms with Gasteiger partial charge >= 0.3 is 11.9 Å². The van der Waals surface area contributed by atoms with Gasteiger partial charge in [-0.2, -0.15) is 0 Å². The van der Waals surface area contributed by atoms with E-state index in [4.69, 9.17) is 14.2 Å². The summed E-state index contributed by atoms with van der Waals surface area (Å²) in [6, 6.07) is -0.741. The molecule has 350 valence electrons. The van der Waals surface area contributed by atoms with Crippen molar-refractivity contribution in [3.63, 3.8) is 0 Å². The number of carbonyl (C=O) groups excluding carboxylic acids is 3. The zero-order valence-corrected chi connectivity index (χ0v) is 39.7. The molecule has 0 aliphatic heterocycles. The Bertz CT molecular complexity index is 1370. The van der Waals surface area contributed by atoms with Gasteiger partial charge < -0.3 is 28.6 Å². The summed E-state index contributed by atoms with van der Waals surface area (Å²) in [6.07, 6.45) is 59.7. The van der Waals surface area contributed by atoms with E-state index >= 15 is 0 Å². The average molecular weight is 862 g/mol. The van der Waals surface area contributed by atoms with E-state index in [0.717, 1.165) is 109 Å². The summed E-state index contributed by atoms with van der Waals surface area (Å²) in [5, 5.41) is 11.6. The SMILES string of the molecule is CC/C=C/C/C=C/C/C=C/C/C=C/C/C=C/CCCCCCCCC(=O)OCC(COCCC(C(=O)[O-])[N+](C)(C)C)OC(=O)CCCCC/C=C/C/C=C/C/C=C/C/C=C/CC. The van der Waals surface area contributed by atoms with E-state index in [1.54, 1.807) is 21.1 Å². The summed E-state index contributed by atoms with van der Waals surface area (Å²) >= 11 is 0. The number of aliphatic carboxylic acids is 1. The van der Waals surface area contributed by atoms with E-state index in [1.165, 1.54) is 12.8 Å². The van der Waals surface area contributed by atoms with Crippen molar-refractivity contribution in [1.82, 2.24) is 0 Å². The van der Waals surface area contributed by atoms with Crippen molar-refractivity contribution in [3.8, 4) is 0 Å². The van der Waals surface area contributed by atoms with E-state index in [0.29, 0.717) is 12.8 Å². The zero-order valence-electron chi connectivity index (χ0n) is 39.7. The smallest absolute Gasteiger partial charge is 0.306 e. The van der Waals surface area contributed by atoms with Crippen LogP contribution in [-0.4, -0.2) is 75.5 Å². The van der Waals surface area contributed by atoms with Gasteiger partial charge in [-0.05, 0) is 96.3 Å². The lowest BCUT2D eigenvalue weighted by atomic mass is 10.1. The summed E-state index contributed by atoms with van der Waals surface area (Å²) in [5.41, 5.74) is 0. The number of carboxylic acids is 1. The molecule has 0 N–H and O–H groups in total. The largest absolute Gasteiger partial charge is 0.544 e. The van der Waals surface area contributed by atoms with E-state index in [1.807, 2.05) is 0 Å². The number of carbonyl (C=O) groups is 3. The van der Waals surface area contributed by atoms with E-state index < -0.39 is 18.1 Å². The first-order valence-corrected chi connectivity index (χ1v) is 23.9. The normalized spacial score (nSPS) is 13.9. The number of hydrogen-bond acceptors (Lipinski definition) is 7. The molecule has 0 spiro atoms. The van der Waals surface area contributed by atoms with Gasteiger partial charge in [0.1, 0.15) is 12.6 Å². The molecule has 0 radical (unpaired) electrons. The highest BCUT2D eigenvalue weighted by Gasteiger charge is 2.25. The number of quaternary nitrogens is 1. The molecule has 62 heavy (non-hydrogen) atoms. The van der Waals surface area contributed by atoms with Gasteiger partial charge in [-0.25, -0.2) is 0 Å². The Labute approximate surface area is 378 Å². The molecule has 0 heterocycles. The Morgan fingerprint density at radius 2 is 0.855 bits per heavy atom. The van der Waals surface area contributed by atoms with Gasteiger partial charge in [0, 0.05) is 19.3 Å². The minimum absolute atomic E-state index is 0.0153. The molecular formula is C54H87NO7. The highest BCUT2D eigenvalue weighted by Crippen LogP contribution is 2.12. The number of unbranched alkanes of at least 4 members (excludes halogenated alkanes) is 9. The standard InChI is InChI=1S/C54H87NO7/c1-6-8-10-12-14-16-18-20-22-24-25-26-27-28-29-31-32-34-36-38-40-42-44-52(56)61-49-50(48-60-47-46-51(54(58)59)55(3,4)5)62-53(57)45-43-41-39-37-35-33-30-23-21-19-17-15-13-11-9-7-2/h8-11,14-17,20-23,25-26,28-29,33,35,50-51H,6-7,12-13,18-19,24,27,30-32,34,36-49H2,1-5H3/b10-8+,11-9+,16-14+,17-15+,22-20+,23-21+,26-25+,29-28+,35-33+. The molecule has 0 saturated carbocycles. The number of ether oxygens (including phenoxy) is 3. The Morgan fingerprint density at radius 1 is 0.484 bits per heavy atom. The Balaban J connectivity index is 4.38. The Kier molecular flexibility index (Phi) is 40.8. The van der Waals surface area contributed by atoms with Crippen molar-refractivity contribution in [2.45, 2.75) is 174 Å². The molecule has 0 aromatic rings. The van der Waals surface area contributed by atoms with Crippen molar-refractivity contribution < 1.29 is 38.2 Å². The van der Waals surface area contributed by atoms with Gasteiger partial charge in [0.25, 0.3) is 0 Å². The first-order chi connectivity index (χ1) is 30.1. The van der Waals surface area contributed by atoms with Crippen LogP contribution in [-0.2, 0) is 28.6 Å². The van der Waals surface area contributed by atoms with Gasteiger partial charge in [-0.15, -0.1) is 0 Å². The molecule has 0 aliphatic carbocycles. The lowest BCUT2D eigenvalue weighted by molar-refractivity contribution is -0.889. The predicted molar refractivity (Wildman–Crippen MR) is 258 cm³/mol. The van der Waals surface area contributed by atoms with Crippen LogP contribution >= 0.6 is 0 Å². The summed E-state index contributed by atoms with van der Waals surface area (Å²) in [4.78, 5) is 37.0. The topological polar surface area (TPSA) is 102 Å². The van der Waals surface area contributed by atoms with Crippen LogP contribution in [0, 0.1) is 0 Å². The minimum atomic E-state index is -1.14. The summed E-state index contributed by atoms with van der Waals surface area (Å²) in [7, 11) is 5.38. The third kappa shape index (κ3) is 41.3. The molecule has 0 saturated heterocycles. The molecule has 0 fully saturated rings. The minimum Gasteiger partial charge on any atom is -0.544 e. The van der Waals surface area contributed by atoms with E-state index in [-0.39, 0.29) is 49.1 Å². The number of rotatable bonds is 41. The number of nitrogens with zero attached hydrogens (tertiary/aromatic N) is 1. The molecule has 2 atom stereocenters. The van der Waals surface area contributed by atoms with Crippen LogP contribution in [0.15, 0.2) is 109 Å².